The molecule has 3 rings (SSSR count). The lowest BCUT2D eigenvalue weighted by Crippen LogP contribution is -2.46. The summed E-state index contributed by atoms with van der Waals surface area (Å²) in [4.78, 5) is 38.6. The van der Waals surface area contributed by atoms with Gasteiger partial charge in [-0.15, -0.1) is 0 Å². The van der Waals surface area contributed by atoms with Crippen LogP contribution in [0.5, 0.6) is 0 Å². The van der Waals surface area contributed by atoms with Crippen LogP contribution in [0, 0.1) is 11.8 Å². The number of benzene rings is 1. The summed E-state index contributed by atoms with van der Waals surface area (Å²) >= 11 is 1.39. The van der Waals surface area contributed by atoms with Crippen molar-refractivity contribution >= 4 is 39.0 Å². The Kier molecular flexibility index (Phi) is 9.10. The molecule has 0 bridgehead atoms. The van der Waals surface area contributed by atoms with Crippen molar-refractivity contribution in [2.75, 3.05) is 6.54 Å². The van der Waals surface area contributed by atoms with E-state index in [1.807, 2.05) is 5.38 Å². The van der Waals surface area contributed by atoms with E-state index in [2.05, 4.69) is 14.4 Å². The number of aryl methyl sites for hydroxylation is 1. The number of hydrogen-bond donors (Lipinski definition) is 2. The van der Waals surface area contributed by atoms with Crippen LogP contribution in [0.15, 0.2) is 40.6 Å². The zero-order valence-corrected chi connectivity index (χ0v) is 21.1. The smallest absolute Gasteiger partial charge is 0.287 e. The lowest BCUT2D eigenvalue weighted by molar-refractivity contribution is -0.141. The first kappa shape index (κ1) is 26.2. The van der Waals surface area contributed by atoms with E-state index in [4.69, 9.17) is 0 Å². The van der Waals surface area contributed by atoms with Crippen LogP contribution < -0.4 is 10.0 Å². The van der Waals surface area contributed by atoms with E-state index in [0.29, 0.717) is 25.8 Å². The van der Waals surface area contributed by atoms with Crippen LogP contribution in [0.25, 0.3) is 0 Å². The summed E-state index contributed by atoms with van der Waals surface area (Å²) < 4.78 is 32.5. The van der Waals surface area contributed by atoms with Gasteiger partial charge in [-0.2, -0.15) is 4.37 Å². The van der Waals surface area contributed by atoms with Crippen molar-refractivity contribution in [3.05, 3.63) is 47.0 Å². The van der Waals surface area contributed by atoms with Crippen LogP contribution >= 0.6 is 11.5 Å². The van der Waals surface area contributed by atoms with Crippen LogP contribution in [0.4, 0.5) is 0 Å². The molecule has 184 valence electrons. The van der Waals surface area contributed by atoms with Gasteiger partial charge in [-0.1, -0.05) is 38.5 Å². The van der Waals surface area contributed by atoms with Gasteiger partial charge in [0.05, 0.1) is 16.6 Å². The van der Waals surface area contributed by atoms with Crippen LogP contribution in [0.2, 0.25) is 0 Å². The molecule has 1 amide bonds. The topological polar surface area (TPSA) is 122 Å². The highest BCUT2D eigenvalue weighted by Crippen LogP contribution is 2.22. The number of nitrogens with one attached hydrogen (secondary N) is 2. The zero-order valence-electron chi connectivity index (χ0n) is 19.5. The van der Waals surface area contributed by atoms with Crippen LogP contribution in [0.3, 0.4) is 0 Å². The third kappa shape index (κ3) is 6.80. The minimum Gasteiger partial charge on any atom is -0.349 e. The normalized spacial score (nSPS) is 19.0. The molecule has 0 saturated carbocycles. The first-order valence-corrected chi connectivity index (χ1v) is 13.8. The molecular formula is C24H31N3O5S2. The quantitative estimate of drug-likeness (QED) is 0.558. The van der Waals surface area contributed by atoms with Crippen molar-refractivity contribution in [3.8, 4) is 0 Å². The highest BCUT2D eigenvalue weighted by atomic mass is 32.2. The molecule has 1 aromatic carbocycles. The fraction of sp³-hybridized carbons (Fsp3) is 0.500. The van der Waals surface area contributed by atoms with Gasteiger partial charge < -0.3 is 5.32 Å². The largest absolute Gasteiger partial charge is 0.349 e. The summed E-state index contributed by atoms with van der Waals surface area (Å²) in [6.45, 7) is 3.80. The van der Waals surface area contributed by atoms with E-state index < -0.39 is 39.5 Å². The molecule has 0 radical (unpaired) electrons. The first-order chi connectivity index (χ1) is 16.2. The summed E-state index contributed by atoms with van der Waals surface area (Å²) in [6.07, 6.45) is 3.09. The monoisotopic (exact) mass is 505 g/mol. The van der Waals surface area contributed by atoms with Gasteiger partial charge >= 0.3 is 0 Å². The Morgan fingerprint density at radius 3 is 2.62 bits per heavy atom. The number of nitrogens with zero attached hydrogens (tertiary/aromatic N) is 1. The van der Waals surface area contributed by atoms with E-state index >= 15 is 0 Å². The Bertz CT molecular complexity index is 1110. The third-order valence-corrected chi connectivity index (χ3v) is 8.19. The number of rotatable bonds is 7. The van der Waals surface area contributed by atoms with Gasteiger partial charge in [0, 0.05) is 30.7 Å². The van der Waals surface area contributed by atoms with Gasteiger partial charge in [0.15, 0.2) is 5.78 Å². The van der Waals surface area contributed by atoms with Gasteiger partial charge in [0.1, 0.15) is 0 Å². The average Bonchev–Trinajstić information content (AvgIpc) is 3.25. The van der Waals surface area contributed by atoms with Crippen molar-refractivity contribution in [3.63, 3.8) is 0 Å². The van der Waals surface area contributed by atoms with Crippen molar-refractivity contribution in [2.24, 2.45) is 11.8 Å². The lowest BCUT2D eigenvalue weighted by Gasteiger charge is -2.23. The highest BCUT2D eigenvalue weighted by Gasteiger charge is 2.33. The summed E-state index contributed by atoms with van der Waals surface area (Å²) in [5, 5.41) is 4.66. The van der Waals surface area contributed by atoms with E-state index in [1.54, 1.807) is 32.0 Å². The molecule has 1 aliphatic rings. The zero-order chi connectivity index (χ0) is 24.7. The van der Waals surface area contributed by atoms with Crippen molar-refractivity contribution in [2.45, 2.75) is 63.3 Å². The SMILES string of the molecule is CC(C)C(NS(=O)(=O)c1ccccc1)C(=O)CC1CCCCc2csnc2CCNC(=O)C1=O. The molecule has 0 saturated heterocycles. The van der Waals surface area contributed by atoms with E-state index in [9.17, 15) is 22.8 Å². The number of carbonyl (C=O) groups is 3. The molecule has 8 nitrogen and oxygen atoms in total. The van der Waals surface area contributed by atoms with Gasteiger partial charge in [-0.05, 0) is 54.4 Å². The molecule has 2 heterocycles. The van der Waals surface area contributed by atoms with E-state index in [0.717, 1.165) is 24.1 Å². The second kappa shape index (κ2) is 11.8. The van der Waals surface area contributed by atoms with Crippen molar-refractivity contribution in [1.82, 2.24) is 14.4 Å². The van der Waals surface area contributed by atoms with E-state index in [1.165, 1.54) is 23.7 Å². The second-order valence-corrected chi connectivity index (χ2v) is 11.3. The van der Waals surface area contributed by atoms with Gasteiger partial charge in [-0.3, -0.25) is 14.4 Å². The van der Waals surface area contributed by atoms with Crippen LogP contribution in [-0.4, -0.2) is 42.9 Å². The Balaban J connectivity index is 1.72. The number of carbonyl (C=O) groups excluding carboxylic acids is 3. The maximum absolute atomic E-state index is 13.2. The Morgan fingerprint density at radius 2 is 1.91 bits per heavy atom. The predicted octanol–water partition coefficient (Wildman–Crippen LogP) is 2.68. The van der Waals surface area contributed by atoms with Crippen molar-refractivity contribution in [1.29, 1.82) is 0 Å². The Hall–Kier alpha value is -2.43. The summed E-state index contributed by atoms with van der Waals surface area (Å²) in [7, 11) is -3.91. The first-order valence-electron chi connectivity index (χ1n) is 11.5. The van der Waals surface area contributed by atoms with Crippen LogP contribution in [0.1, 0.15) is 50.8 Å². The molecule has 2 aromatic rings. The number of Topliss-reactive ketones (excluding diaryl/α,β-unsaturated/α-hetero) is 2. The average molecular weight is 506 g/mol. The molecule has 2 unspecified atom stereocenters. The summed E-state index contributed by atoms with van der Waals surface area (Å²) in [5.74, 6) is -2.83. The molecule has 0 fully saturated rings. The van der Waals surface area contributed by atoms with Crippen molar-refractivity contribution < 1.29 is 22.8 Å². The summed E-state index contributed by atoms with van der Waals surface area (Å²) in [5.41, 5.74) is 2.12. The predicted molar refractivity (Wildman–Crippen MR) is 130 cm³/mol. The Morgan fingerprint density at radius 1 is 1.18 bits per heavy atom. The highest BCUT2D eigenvalue weighted by molar-refractivity contribution is 7.89. The fourth-order valence-corrected chi connectivity index (χ4v) is 6.23. The molecular weight excluding hydrogens is 474 g/mol. The number of fused-ring (bicyclic) bond motifs is 1. The number of sulfonamides is 1. The Labute approximate surface area is 204 Å². The molecule has 2 N–H and O–H groups in total. The molecule has 2 atom stereocenters. The number of hydrogen-bond acceptors (Lipinski definition) is 7. The summed E-state index contributed by atoms with van der Waals surface area (Å²) in [6, 6.07) is 6.84. The molecule has 0 aliphatic carbocycles. The minimum absolute atomic E-state index is 0.0669. The molecule has 0 spiro atoms. The maximum atomic E-state index is 13.2. The lowest BCUT2D eigenvalue weighted by atomic mass is 9.87. The molecule has 10 heteroatoms. The van der Waals surface area contributed by atoms with Gasteiger partial charge in [0.2, 0.25) is 15.8 Å². The minimum atomic E-state index is -3.91. The second-order valence-electron chi connectivity index (χ2n) is 8.93. The van der Waals surface area contributed by atoms with Gasteiger partial charge in [-0.25, -0.2) is 13.1 Å². The van der Waals surface area contributed by atoms with Gasteiger partial charge in [0.25, 0.3) is 5.91 Å². The number of amides is 1. The maximum Gasteiger partial charge on any atom is 0.287 e. The van der Waals surface area contributed by atoms with E-state index in [-0.39, 0.29) is 17.2 Å². The molecule has 1 aliphatic heterocycles. The molecule has 34 heavy (non-hydrogen) atoms. The number of aromatic nitrogens is 1. The fourth-order valence-electron chi connectivity index (χ4n) is 4.07. The molecule has 1 aromatic heterocycles. The third-order valence-electron chi connectivity index (χ3n) is 6.02. The van der Waals surface area contributed by atoms with Crippen LogP contribution in [-0.2, 0) is 37.2 Å². The standard InChI is InChI=1S/C24H31N3O5S2/c1-16(2)22(27-34(31,32)19-10-4-3-5-11-19)21(28)14-17-8-6-7-9-18-15-33-26-20(18)12-13-25-24(30)23(17)29/h3-5,10-11,15-17,22,27H,6-9,12-14H2,1-2H3,(H,25,30). The number of ketones is 2.